The highest BCUT2D eigenvalue weighted by atomic mass is 19.1. The van der Waals surface area contributed by atoms with E-state index in [-0.39, 0.29) is 5.82 Å². The topological polar surface area (TPSA) is 31.6 Å². The third-order valence-electron chi connectivity index (χ3n) is 4.07. The van der Waals surface area contributed by atoms with E-state index in [9.17, 15) is 4.39 Å². The number of hydrogen-bond donors (Lipinski definition) is 2. The molecule has 2 aromatic heterocycles. The number of fused-ring (bicyclic) bond motifs is 1. The van der Waals surface area contributed by atoms with Gasteiger partial charge in [-0.1, -0.05) is 13.2 Å². The maximum Gasteiger partial charge on any atom is 0.123 e. The quantitative estimate of drug-likeness (QED) is 0.725. The fourth-order valence-electron chi connectivity index (χ4n) is 3.11. The van der Waals surface area contributed by atoms with Crippen LogP contribution in [0.2, 0.25) is 0 Å². The summed E-state index contributed by atoms with van der Waals surface area (Å²) >= 11 is 0. The van der Waals surface area contributed by atoms with Gasteiger partial charge in [0.25, 0.3) is 0 Å². The van der Waals surface area contributed by atoms with Gasteiger partial charge in [-0.15, -0.1) is 0 Å². The third-order valence-corrected chi connectivity index (χ3v) is 4.07. The Kier molecular flexibility index (Phi) is 3.28. The molecule has 0 fully saturated rings. The largest absolute Gasteiger partial charge is 0.358 e. The van der Waals surface area contributed by atoms with E-state index in [0.717, 1.165) is 49.6 Å². The highest BCUT2D eigenvalue weighted by Gasteiger charge is 2.10. The molecule has 0 unspecified atom stereocenters. The van der Waals surface area contributed by atoms with Crippen LogP contribution in [0, 0.1) is 19.7 Å². The van der Waals surface area contributed by atoms with Gasteiger partial charge in [-0.05, 0) is 56.2 Å². The van der Waals surface area contributed by atoms with Crippen molar-refractivity contribution < 1.29 is 4.39 Å². The highest BCUT2D eigenvalue weighted by Crippen LogP contribution is 2.24. The van der Waals surface area contributed by atoms with E-state index >= 15 is 0 Å². The summed E-state index contributed by atoms with van der Waals surface area (Å²) in [7, 11) is 0. The standard InChI is InChI=1S/C19H19FN2/c1-10(2)19-11(3)18(22-13(19)5)9-15-12(4)21-17-7-6-14(20)8-16(15)17/h6-9,21-22H,1,4H2,2-3,5H3/b15-9+. The summed E-state index contributed by atoms with van der Waals surface area (Å²) in [6.45, 7) is 14.2. The molecule has 0 bridgehead atoms. The van der Waals surface area contributed by atoms with Gasteiger partial charge in [0.2, 0.25) is 0 Å². The van der Waals surface area contributed by atoms with Crippen LogP contribution in [0.1, 0.15) is 29.4 Å². The normalized spacial score (nSPS) is 12.3. The molecule has 0 amide bonds. The number of halogens is 1. The maximum atomic E-state index is 13.6. The summed E-state index contributed by atoms with van der Waals surface area (Å²) < 4.78 is 13.6. The van der Waals surface area contributed by atoms with Gasteiger partial charge in [-0.2, -0.15) is 0 Å². The lowest BCUT2D eigenvalue weighted by atomic mass is 10.0. The summed E-state index contributed by atoms with van der Waals surface area (Å²) in [6, 6.07) is 4.73. The van der Waals surface area contributed by atoms with Crippen LogP contribution >= 0.6 is 0 Å². The van der Waals surface area contributed by atoms with Crippen LogP contribution in [-0.4, -0.2) is 9.97 Å². The number of aromatic amines is 2. The molecule has 0 spiro atoms. The first kappa shape index (κ1) is 14.4. The molecule has 2 nitrogen and oxygen atoms in total. The Morgan fingerprint density at radius 3 is 2.59 bits per heavy atom. The maximum absolute atomic E-state index is 13.6. The molecule has 112 valence electrons. The molecule has 0 aliphatic carbocycles. The molecule has 0 saturated carbocycles. The Hall–Kier alpha value is -2.55. The van der Waals surface area contributed by atoms with Crippen molar-refractivity contribution in [2.75, 3.05) is 0 Å². The molecular formula is C19H19FN2. The summed E-state index contributed by atoms with van der Waals surface area (Å²) in [5, 5.41) is 2.53. The number of H-pyrrole nitrogens is 2. The number of rotatable bonds is 2. The van der Waals surface area contributed by atoms with Gasteiger partial charge in [-0.3, -0.25) is 0 Å². The van der Waals surface area contributed by atoms with Crippen LogP contribution in [0.25, 0.3) is 29.1 Å². The summed E-state index contributed by atoms with van der Waals surface area (Å²) in [6.07, 6.45) is 2.02. The molecule has 0 atom stereocenters. The van der Waals surface area contributed by atoms with Crippen LogP contribution < -0.4 is 10.6 Å². The van der Waals surface area contributed by atoms with Crippen LogP contribution in [-0.2, 0) is 0 Å². The minimum atomic E-state index is -0.247. The minimum Gasteiger partial charge on any atom is -0.358 e. The number of benzene rings is 1. The van der Waals surface area contributed by atoms with E-state index in [1.165, 1.54) is 12.1 Å². The van der Waals surface area contributed by atoms with Crippen molar-refractivity contribution in [1.29, 1.82) is 0 Å². The Labute approximate surface area is 128 Å². The second-order valence-corrected chi connectivity index (χ2v) is 5.80. The monoisotopic (exact) mass is 294 g/mol. The highest BCUT2D eigenvalue weighted by molar-refractivity contribution is 5.82. The average Bonchev–Trinajstić information content (AvgIpc) is 2.88. The number of aromatic nitrogens is 2. The SMILES string of the molecule is C=C(C)c1c(C)[nH]c(/C=c2\c(=C)[nH]c3ccc(F)cc23)c1C. The molecular weight excluding hydrogens is 275 g/mol. The van der Waals surface area contributed by atoms with Crippen molar-refractivity contribution in [2.24, 2.45) is 0 Å². The number of allylic oxidation sites excluding steroid dienone is 1. The van der Waals surface area contributed by atoms with E-state index in [0.29, 0.717) is 0 Å². The van der Waals surface area contributed by atoms with Crippen molar-refractivity contribution in [3.8, 4) is 0 Å². The second kappa shape index (κ2) is 5.02. The van der Waals surface area contributed by atoms with Gasteiger partial charge in [0.05, 0.1) is 0 Å². The van der Waals surface area contributed by atoms with Crippen LogP contribution in [0.15, 0.2) is 24.8 Å². The molecule has 0 radical (unpaired) electrons. The molecule has 0 saturated heterocycles. The van der Waals surface area contributed by atoms with Gasteiger partial charge in [0, 0.05) is 38.4 Å². The lowest BCUT2D eigenvalue weighted by Gasteiger charge is -1.99. The van der Waals surface area contributed by atoms with Crippen LogP contribution in [0.3, 0.4) is 0 Å². The predicted molar refractivity (Wildman–Crippen MR) is 91.6 cm³/mol. The summed E-state index contributed by atoms with van der Waals surface area (Å²) in [4.78, 5) is 6.58. The van der Waals surface area contributed by atoms with Crippen molar-refractivity contribution in [3.63, 3.8) is 0 Å². The van der Waals surface area contributed by atoms with E-state index in [2.05, 4.69) is 30.0 Å². The lowest BCUT2D eigenvalue weighted by molar-refractivity contribution is 0.629. The molecule has 22 heavy (non-hydrogen) atoms. The number of nitrogens with one attached hydrogen (secondary N) is 2. The Morgan fingerprint density at radius 1 is 1.23 bits per heavy atom. The van der Waals surface area contributed by atoms with Gasteiger partial charge >= 0.3 is 0 Å². The third kappa shape index (κ3) is 2.19. The van der Waals surface area contributed by atoms with Gasteiger partial charge in [-0.25, -0.2) is 4.39 Å². The minimum absolute atomic E-state index is 0.247. The molecule has 3 heteroatoms. The van der Waals surface area contributed by atoms with Gasteiger partial charge < -0.3 is 9.97 Å². The Balaban J connectivity index is 2.33. The van der Waals surface area contributed by atoms with Gasteiger partial charge in [0.15, 0.2) is 0 Å². The zero-order chi connectivity index (χ0) is 16.0. The molecule has 1 aromatic carbocycles. The molecule has 3 aromatic rings. The fourth-order valence-corrected chi connectivity index (χ4v) is 3.11. The first-order chi connectivity index (χ1) is 10.4. The first-order valence-electron chi connectivity index (χ1n) is 7.21. The Morgan fingerprint density at radius 2 is 1.95 bits per heavy atom. The second-order valence-electron chi connectivity index (χ2n) is 5.80. The van der Waals surface area contributed by atoms with Crippen molar-refractivity contribution in [2.45, 2.75) is 20.8 Å². The smallest absolute Gasteiger partial charge is 0.123 e. The fraction of sp³-hybridized carbons (Fsp3) is 0.158. The van der Waals surface area contributed by atoms with Crippen molar-refractivity contribution in [3.05, 3.63) is 63.7 Å². The van der Waals surface area contributed by atoms with E-state index in [4.69, 9.17) is 0 Å². The van der Waals surface area contributed by atoms with Crippen molar-refractivity contribution in [1.82, 2.24) is 9.97 Å². The molecule has 0 aliphatic rings. The molecule has 0 aliphatic heterocycles. The van der Waals surface area contributed by atoms with E-state index < -0.39 is 0 Å². The summed E-state index contributed by atoms with van der Waals surface area (Å²) in [5.41, 5.74) is 6.32. The zero-order valence-corrected chi connectivity index (χ0v) is 13.1. The number of aryl methyl sites for hydroxylation is 1. The van der Waals surface area contributed by atoms with Crippen LogP contribution in [0.5, 0.6) is 0 Å². The zero-order valence-electron chi connectivity index (χ0n) is 13.1. The first-order valence-corrected chi connectivity index (χ1v) is 7.21. The molecule has 2 N–H and O–H groups in total. The molecule has 2 heterocycles. The molecule has 3 rings (SSSR count). The van der Waals surface area contributed by atoms with Crippen LogP contribution in [0.4, 0.5) is 4.39 Å². The average molecular weight is 294 g/mol. The summed E-state index contributed by atoms with van der Waals surface area (Å²) in [5.74, 6) is -0.247. The number of hydrogen-bond acceptors (Lipinski definition) is 0. The van der Waals surface area contributed by atoms with E-state index in [1.54, 1.807) is 6.07 Å². The van der Waals surface area contributed by atoms with Crippen molar-refractivity contribution >= 4 is 29.1 Å². The predicted octanol–water partition coefficient (Wildman–Crippen LogP) is 3.52. The Bertz CT molecular complexity index is 1000. The van der Waals surface area contributed by atoms with E-state index in [1.807, 2.05) is 19.9 Å². The van der Waals surface area contributed by atoms with Gasteiger partial charge in [0.1, 0.15) is 5.82 Å². The lowest BCUT2D eigenvalue weighted by Crippen LogP contribution is -2.21.